The molecule has 6 heteroatoms. The molecule has 0 aromatic carbocycles. The molecule has 1 saturated heterocycles. The molecular formula is C14H22N4O2. The van der Waals surface area contributed by atoms with Gasteiger partial charge in [-0.15, -0.1) is 0 Å². The molecule has 0 bridgehead atoms. The largest absolute Gasteiger partial charge is 0.344 e. The second kappa shape index (κ2) is 5.91. The summed E-state index contributed by atoms with van der Waals surface area (Å²) in [6.45, 7) is 3.41. The molecule has 110 valence electrons. The van der Waals surface area contributed by atoms with E-state index in [-0.39, 0.29) is 17.9 Å². The van der Waals surface area contributed by atoms with Gasteiger partial charge < -0.3 is 15.2 Å². The van der Waals surface area contributed by atoms with Crippen LogP contribution in [0.1, 0.15) is 62.7 Å². The fourth-order valence-corrected chi connectivity index (χ4v) is 2.82. The fourth-order valence-electron chi connectivity index (χ4n) is 2.82. The van der Waals surface area contributed by atoms with Gasteiger partial charge in [-0.25, -0.2) is 0 Å². The van der Waals surface area contributed by atoms with E-state index in [1.54, 1.807) is 0 Å². The monoisotopic (exact) mass is 278 g/mol. The molecular weight excluding hydrogens is 256 g/mol. The van der Waals surface area contributed by atoms with Crippen molar-refractivity contribution in [1.29, 1.82) is 0 Å². The molecule has 1 aliphatic carbocycles. The third-order valence-corrected chi connectivity index (χ3v) is 4.31. The summed E-state index contributed by atoms with van der Waals surface area (Å²) in [6, 6.07) is -0.215. The van der Waals surface area contributed by atoms with Gasteiger partial charge in [0.25, 0.3) is 0 Å². The smallest absolute Gasteiger partial charge is 0.248 e. The van der Waals surface area contributed by atoms with E-state index in [2.05, 4.69) is 20.8 Å². The summed E-state index contributed by atoms with van der Waals surface area (Å²) >= 11 is 0. The molecule has 1 aromatic heterocycles. The number of rotatable bonds is 4. The van der Waals surface area contributed by atoms with Crippen LogP contribution in [0.25, 0.3) is 0 Å². The van der Waals surface area contributed by atoms with Gasteiger partial charge >= 0.3 is 0 Å². The summed E-state index contributed by atoms with van der Waals surface area (Å²) in [5, 5.41) is 10.1. The molecule has 1 atom stereocenters. The number of nitrogens with zero attached hydrogens (tertiary/aromatic N) is 2. The summed E-state index contributed by atoms with van der Waals surface area (Å²) in [7, 11) is 0. The van der Waals surface area contributed by atoms with Crippen LogP contribution in [0.15, 0.2) is 4.52 Å². The molecule has 1 unspecified atom stereocenters. The Labute approximate surface area is 118 Å². The quantitative estimate of drug-likeness (QED) is 0.872. The number of nitrogens with one attached hydrogen (secondary N) is 2. The molecule has 2 N–H and O–H groups in total. The third kappa shape index (κ3) is 2.85. The number of hydrogen-bond acceptors (Lipinski definition) is 5. The van der Waals surface area contributed by atoms with Gasteiger partial charge in [0.15, 0.2) is 5.82 Å². The molecule has 2 fully saturated rings. The maximum atomic E-state index is 11.9. The van der Waals surface area contributed by atoms with E-state index >= 15 is 0 Å². The molecule has 1 saturated carbocycles. The first-order valence-electron chi connectivity index (χ1n) is 7.58. The first kappa shape index (κ1) is 13.5. The molecule has 0 radical (unpaired) electrons. The van der Waals surface area contributed by atoms with Crippen LogP contribution in [-0.2, 0) is 4.79 Å². The van der Waals surface area contributed by atoms with Crippen molar-refractivity contribution in [2.75, 3.05) is 13.1 Å². The Morgan fingerprint density at radius 1 is 1.35 bits per heavy atom. The van der Waals surface area contributed by atoms with Gasteiger partial charge in [-0.2, -0.15) is 4.98 Å². The van der Waals surface area contributed by atoms with E-state index in [9.17, 15) is 4.79 Å². The first-order chi connectivity index (χ1) is 9.74. The summed E-state index contributed by atoms with van der Waals surface area (Å²) < 4.78 is 5.32. The second-order valence-electron chi connectivity index (χ2n) is 5.91. The fraction of sp³-hybridized carbons (Fsp3) is 0.786. The van der Waals surface area contributed by atoms with Crippen LogP contribution >= 0.6 is 0 Å². The number of hydrogen-bond donors (Lipinski definition) is 2. The minimum atomic E-state index is -0.215. The van der Waals surface area contributed by atoms with Gasteiger partial charge in [0.2, 0.25) is 11.8 Å². The van der Waals surface area contributed by atoms with E-state index < -0.39 is 0 Å². The SMILES string of the molecule is CC(NC(=O)C1CNC1)c1nc(C2CCCCC2)no1. The lowest BCUT2D eigenvalue weighted by atomic mass is 9.89. The standard InChI is InChI=1S/C14H22N4O2/c1-9(16-13(19)11-7-15-8-11)14-17-12(18-20-14)10-5-3-2-4-6-10/h9-11,15H,2-8H2,1H3,(H,16,19). The van der Waals surface area contributed by atoms with Crippen LogP contribution in [0, 0.1) is 5.92 Å². The Morgan fingerprint density at radius 3 is 2.75 bits per heavy atom. The average Bonchev–Trinajstić information content (AvgIpc) is 2.87. The van der Waals surface area contributed by atoms with Crippen molar-refractivity contribution in [2.24, 2.45) is 5.92 Å². The molecule has 1 amide bonds. The van der Waals surface area contributed by atoms with Crippen LogP contribution in [0.4, 0.5) is 0 Å². The van der Waals surface area contributed by atoms with Crippen LogP contribution in [0.5, 0.6) is 0 Å². The zero-order chi connectivity index (χ0) is 13.9. The highest BCUT2D eigenvalue weighted by Gasteiger charge is 2.28. The summed E-state index contributed by atoms with van der Waals surface area (Å²) in [5.74, 6) is 1.91. The minimum absolute atomic E-state index is 0.0636. The van der Waals surface area contributed by atoms with Crippen molar-refractivity contribution < 1.29 is 9.32 Å². The molecule has 20 heavy (non-hydrogen) atoms. The van der Waals surface area contributed by atoms with Crippen molar-refractivity contribution in [2.45, 2.75) is 51.0 Å². The van der Waals surface area contributed by atoms with Gasteiger partial charge in [-0.3, -0.25) is 4.79 Å². The van der Waals surface area contributed by atoms with Gasteiger partial charge in [-0.1, -0.05) is 24.4 Å². The Hall–Kier alpha value is -1.43. The first-order valence-corrected chi connectivity index (χ1v) is 7.58. The normalized spacial score (nSPS) is 22.2. The number of amides is 1. The highest BCUT2D eigenvalue weighted by molar-refractivity contribution is 5.80. The van der Waals surface area contributed by atoms with Crippen molar-refractivity contribution >= 4 is 5.91 Å². The van der Waals surface area contributed by atoms with Crippen LogP contribution in [0.3, 0.4) is 0 Å². The summed E-state index contributed by atoms with van der Waals surface area (Å²) in [5.41, 5.74) is 0. The highest BCUT2D eigenvalue weighted by atomic mass is 16.5. The number of carbonyl (C=O) groups excluding carboxylic acids is 1. The van der Waals surface area contributed by atoms with E-state index in [1.165, 1.54) is 19.3 Å². The van der Waals surface area contributed by atoms with Gasteiger partial charge in [-0.05, 0) is 19.8 Å². The second-order valence-corrected chi connectivity index (χ2v) is 5.91. The van der Waals surface area contributed by atoms with E-state index in [4.69, 9.17) is 4.52 Å². The zero-order valence-corrected chi connectivity index (χ0v) is 11.9. The van der Waals surface area contributed by atoms with Crippen LogP contribution in [0.2, 0.25) is 0 Å². The maximum absolute atomic E-state index is 11.9. The van der Waals surface area contributed by atoms with Crippen molar-refractivity contribution in [3.63, 3.8) is 0 Å². The van der Waals surface area contributed by atoms with Crippen LogP contribution < -0.4 is 10.6 Å². The molecule has 2 heterocycles. The van der Waals surface area contributed by atoms with Gasteiger partial charge in [0.05, 0.1) is 5.92 Å². The topological polar surface area (TPSA) is 80.0 Å². The van der Waals surface area contributed by atoms with E-state index in [1.807, 2.05) is 6.92 Å². The van der Waals surface area contributed by atoms with Crippen LogP contribution in [-0.4, -0.2) is 29.1 Å². The minimum Gasteiger partial charge on any atom is -0.344 e. The number of aromatic nitrogens is 2. The third-order valence-electron chi connectivity index (χ3n) is 4.31. The van der Waals surface area contributed by atoms with Gasteiger partial charge in [0, 0.05) is 19.0 Å². The van der Waals surface area contributed by atoms with Gasteiger partial charge in [0.1, 0.15) is 6.04 Å². The molecule has 2 aliphatic rings. The zero-order valence-electron chi connectivity index (χ0n) is 11.9. The van der Waals surface area contributed by atoms with Crippen molar-refractivity contribution in [3.8, 4) is 0 Å². The summed E-state index contributed by atoms with van der Waals surface area (Å²) in [4.78, 5) is 16.4. The van der Waals surface area contributed by atoms with E-state index in [0.29, 0.717) is 11.8 Å². The van der Waals surface area contributed by atoms with E-state index in [0.717, 1.165) is 31.8 Å². The van der Waals surface area contributed by atoms with Crippen molar-refractivity contribution in [1.82, 2.24) is 20.8 Å². The Balaban J connectivity index is 1.58. The lowest BCUT2D eigenvalue weighted by molar-refractivity contribution is -0.127. The predicted octanol–water partition coefficient (Wildman–Crippen LogP) is 1.51. The highest BCUT2D eigenvalue weighted by Crippen LogP contribution is 2.31. The molecule has 1 aliphatic heterocycles. The predicted molar refractivity (Wildman–Crippen MR) is 73.0 cm³/mol. The maximum Gasteiger partial charge on any atom is 0.248 e. The lowest BCUT2D eigenvalue weighted by Gasteiger charge is -2.26. The number of carbonyl (C=O) groups is 1. The average molecular weight is 278 g/mol. The molecule has 0 spiro atoms. The summed E-state index contributed by atoms with van der Waals surface area (Å²) in [6.07, 6.45) is 6.09. The van der Waals surface area contributed by atoms with Crippen molar-refractivity contribution in [3.05, 3.63) is 11.7 Å². The Morgan fingerprint density at radius 2 is 2.10 bits per heavy atom. The Kier molecular flexibility index (Phi) is 4.00. The molecule has 1 aromatic rings. The lowest BCUT2D eigenvalue weighted by Crippen LogP contribution is -2.51. The molecule has 6 nitrogen and oxygen atoms in total. The molecule has 3 rings (SSSR count). The Bertz CT molecular complexity index is 463.